The summed E-state index contributed by atoms with van der Waals surface area (Å²) >= 11 is 2.10. The van der Waals surface area contributed by atoms with E-state index in [2.05, 4.69) is 56.7 Å². The number of aromatic hydroxyl groups is 1. The van der Waals surface area contributed by atoms with Crippen LogP contribution in [0.3, 0.4) is 0 Å². The molecule has 0 radical (unpaired) electrons. The molecule has 32 heavy (non-hydrogen) atoms. The Morgan fingerprint density at radius 2 is 1.97 bits per heavy atom. The van der Waals surface area contributed by atoms with Gasteiger partial charge >= 0.3 is 0 Å². The highest BCUT2D eigenvalue weighted by Gasteiger charge is 2.36. The highest BCUT2D eigenvalue weighted by molar-refractivity contribution is 14.1. The van der Waals surface area contributed by atoms with Crippen LogP contribution in [0.4, 0.5) is 10.2 Å². The number of nitrogens with zero attached hydrogens (tertiary/aromatic N) is 4. The van der Waals surface area contributed by atoms with E-state index in [4.69, 9.17) is 4.74 Å². The maximum absolute atomic E-state index is 14.2. The van der Waals surface area contributed by atoms with Gasteiger partial charge in [-0.2, -0.15) is 4.98 Å². The van der Waals surface area contributed by atoms with E-state index >= 15 is 0 Å². The number of phenols is 1. The fourth-order valence-corrected chi connectivity index (χ4v) is 4.41. The number of anilines is 1. The fourth-order valence-electron chi connectivity index (χ4n) is 3.94. The molecule has 0 spiro atoms. The van der Waals surface area contributed by atoms with E-state index in [1.54, 1.807) is 24.3 Å². The number of benzene rings is 2. The van der Waals surface area contributed by atoms with Crippen molar-refractivity contribution in [3.63, 3.8) is 0 Å². The second-order valence-corrected chi connectivity index (χ2v) is 9.32. The average molecular weight is 545 g/mol. The standard InChI is InChI=1S/C23H21FIN5O2/c1-23(2)12-32-22-27-18-19(28-21(25)29-20(18)30(22)23)26-10-9-13-7-8-17(31)15(11-13)14-5-3-4-6-16(14)24/h3-8,11,31H,9-10,12H2,1-2H3,(H,26,28,29). The monoisotopic (exact) mass is 545 g/mol. The summed E-state index contributed by atoms with van der Waals surface area (Å²) in [6.45, 7) is 5.31. The number of imidazole rings is 1. The van der Waals surface area contributed by atoms with Gasteiger partial charge < -0.3 is 15.2 Å². The smallest absolute Gasteiger partial charge is 0.299 e. The van der Waals surface area contributed by atoms with Crippen molar-refractivity contribution in [1.82, 2.24) is 19.5 Å². The predicted molar refractivity (Wildman–Crippen MR) is 129 cm³/mol. The number of hydrogen-bond donors (Lipinski definition) is 2. The maximum atomic E-state index is 14.2. The first-order valence-electron chi connectivity index (χ1n) is 10.2. The highest BCUT2D eigenvalue weighted by Crippen LogP contribution is 2.36. The van der Waals surface area contributed by atoms with Crippen molar-refractivity contribution in [1.29, 1.82) is 0 Å². The van der Waals surface area contributed by atoms with Gasteiger partial charge in [0.1, 0.15) is 18.2 Å². The Bertz CT molecular complexity index is 1340. The van der Waals surface area contributed by atoms with Gasteiger partial charge in [-0.15, -0.1) is 0 Å². The molecule has 3 heterocycles. The topological polar surface area (TPSA) is 85.1 Å². The molecule has 1 aliphatic rings. The lowest BCUT2D eigenvalue weighted by Crippen LogP contribution is -2.26. The second kappa shape index (κ2) is 7.88. The summed E-state index contributed by atoms with van der Waals surface area (Å²) in [4.78, 5) is 13.7. The van der Waals surface area contributed by atoms with Crippen molar-refractivity contribution in [3.8, 4) is 22.9 Å². The van der Waals surface area contributed by atoms with Crippen molar-refractivity contribution >= 4 is 39.6 Å². The number of aromatic nitrogens is 4. The molecule has 0 fully saturated rings. The molecule has 2 aromatic heterocycles. The first-order valence-corrected chi connectivity index (χ1v) is 11.3. The zero-order valence-corrected chi connectivity index (χ0v) is 19.7. The fraction of sp³-hybridized carbons (Fsp3) is 0.261. The van der Waals surface area contributed by atoms with Crippen molar-refractivity contribution in [2.24, 2.45) is 0 Å². The molecule has 0 aliphatic carbocycles. The van der Waals surface area contributed by atoms with Crippen LogP contribution in [0.15, 0.2) is 42.5 Å². The third-order valence-electron chi connectivity index (χ3n) is 5.54. The summed E-state index contributed by atoms with van der Waals surface area (Å²) in [7, 11) is 0. The molecular formula is C23H21FIN5O2. The normalized spacial score (nSPS) is 14.4. The van der Waals surface area contributed by atoms with Crippen molar-refractivity contribution in [2.75, 3.05) is 18.5 Å². The van der Waals surface area contributed by atoms with Crippen LogP contribution in [0.1, 0.15) is 19.4 Å². The highest BCUT2D eigenvalue weighted by atomic mass is 127. The van der Waals surface area contributed by atoms with E-state index in [1.807, 2.05) is 16.7 Å². The number of rotatable bonds is 5. The van der Waals surface area contributed by atoms with Gasteiger partial charge in [0.2, 0.25) is 0 Å². The molecule has 5 rings (SSSR count). The van der Waals surface area contributed by atoms with Gasteiger partial charge in [-0.25, -0.2) is 14.4 Å². The largest absolute Gasteiger partial charge is 0.507 e. The Kier molecular flexibility index (Phi) is 5.15. The molecule has 9 heteroatoms. The van der Waals surface area contributed by atoms with Crippen molar-refractivity contribution in [2.45, 2.75) is 25.8 Å². The Morgan fingerprint density at radius 1 is 1.16 bits per heavy atom. The Labute approximate surface area is 197 Å². The number of nitrogens with one attached hydrogen (secondary N) is 1. The van der Waals surface area contributed by atoms with Crippen molar-refractivity contribution in [3.05, 3.63) is 57.7 Å². The van der Waals surface area contributed by atoms with Gasteiger partial charge in [0.05, 0.1) is 5.54 Å². The van der Waals surface area contributed by atoms with Crippen LogP contribution in [-0.2, 0) is 12.0 Å². The minimum atomic E-state index is -0.367. The van der Waals surface area contributed by atoms with Crippen molar-refractivity contribution < 1.29 is 14.2 Å². The minimum absolute atomic E-state index is 0.0500. The summed E-state index contributed by atoms with van der Waals surface area (Å²) in [5.74, 6) is 0.330. The van der Waals surface area contributed by atoms with E-state index in [-0.39, 0.29) is 17.1 Å². The van der Waals surface area contributed by atoms with Crippen LogP contribution in [0.2, 0.25) is 0 Å². The molecule has 0 amide bonds. The molecule has 4 aromatic rings. The number of hydrogen-bond acceptors (Lipinski definition) is 6. The second-order valence-electron chi connectivity index (χ2n) is 8.35. The molecule has 164 valence electrons. The average Bonchev–Trinajstić information content (AvgIpc) is 3.27. The summed E-state index contributed by atoms with van der Waals surface area (Å²) in [5, 5.41) is 13.6. The molecule has 7 nitrogen and oxygen atoms in total. The lowest BCUT2D eigenvalue weighted by Gasteiger charge is -2.18. The van der Waals surface area contributed by atoms with E-state index < -0.39 is 0 Å². The van der Waals surface area contributed by atoms with Gasteiger partial charge in [0.15, 0.2) is 20.8 Å². The van der Waals surface area contributed by atoms with Gasteiger partial charge in [0.25, 0.3) is 6.01 Å². The third kappa shape index (κ3) is 3.64. The van der Waals surface area contributed by atoms with Gasteiger partial charge in [-0.1, -0.05) is 24.3 Å². The van der Waals surface area contributed by atoms with Crippen LogP contribution in [0.5, 0.6) is 11.8 Å². The number of ether oxygens (including phenoxy) is 1. The van der Waals surface area contributed by atoms with E-state index in [9.17, 15) is 9.50 Å². The Morgan fingerprint density at radius 3 is 2.78 bits per heavy atom. The lowest BCUT2D eigenvalue weighted by molar-refractivity contribution is 0.268. The van der Waals surface area contributed by atoms with Gasteiger partial charge in [-0.05, 0) is 44.0 Å². The molecule has 1 aliphatic heterocycles. The SMILES string of the molecule is CC1(C)COc2nc3c(NCCc4ccc(O)c(-c5ccccc5F)c4)nc(I)nc3n21. The third-order valence-corrected chi connectivity index (χ3v) is 6.02. The molecule has 0 saturated heterocycles. The van der Waals surface area contributed by atoms with E-state index in [0.29, 0.717) is 51.9 Å². The maximum Gasteiger partial charge on any atom is 0.299 e. The molecule has 0 unspecified atom stereocenters. The van der Waals surface area contributed by atoms with Gasteiger partial charge in [-0.3, -0.25) is 4.57 Å². The zero-order valence-electron chi connectivity index (χ0n) is 17.6. The molecule has 0 saturated carbocycles. The molecule has 0 bridgehead atoms. The summed E-state index contributed by atoms with van der Waals surface area (Å²) in [6, 6.07) is 12.2. The molecular weight excluding hydrogens is 524 g/mol. The Hall–Kier alpha value is -2.95. The molecule has 0 atom stereocenters. The lowest BCUT2D eigenvalue weighted by atomic mass is 10.00. The van der Waals surface area contributed by atoms with Gasteiger partial charge in [0, 0.05) is 40.3 Å². The van der Waals surface area contributed by atoms with Crippen LogP contribution in [0, 0.1) is 9.65 Å². The molecule has 2 aromatic carbocycles. The number of fused-ring (bicyclic) bond motifs is 3. The summed E-state index contributed by atoms with van der Waals surface area (Å²) in [6.07, 6.45) is 0.652. The molecule has 2 N–H and O–H groups in total. The predicted octanol–water partition coefficient (Wildman–Crippen LogP) is 4.72. The zero-order chi connectivity index (χ0) is 22.5. The Balaban J connectivity index is 1.39. The van der Waals surface area contributed by atoms with E-state index in [0.717, 1.165) is 11.2 Å². The first-order chi connectivity index (χ1) is 15.3. The van der Waals surface area contributed by atoms with Crippen LogP contribution < -0.4 is 10.1 Å². The quantitative estimate of drug-likeness (QED) is 0.279. The van der Waals surface area contributed by atoms with Crippen LogP contribution in [0.25, 0.3) is 22.3 Å². The van der Waals surface area contributed by atoms with Crippen LogP contribution >= 0.6 is 22.6 Å². The number of phenolic OH excluding ortho intramolecular Hbond substituents is 1. The minimum Gasteiger partial charge on any atom is -0.507 e. The number of halogens is 2. The first kappa shape index (κ1) is 20.9. The van der Waals surface area contributed by atoms with Crippen LogP contribution in [-0.4, -0.2) is 37.8 Å². The van der Waals surface area contributed by atoms with E-state index in [1.165, 1.54) is 6.07 Å². The summed E-state index contributed by atoms with van der Waals surface area (Å²) in [5.41, 5.74) is 3.01. The summed E-state index contributed by atoms with van der Waals surface area (Å²) < 4.78 is 22.6.